The lowest BCUT2D eigenvalue weighted by atomic mass is 10.2. The molecule has 18 heavy (non-hydrogen) atoms. The quantitative estimate of drug-likeness (QED) is 0.799. The SMILES string of the molecule is COc1ccc(N2CCN(C(C)=O)CC2)cc1F. The van der Waals surface area contributed by atoms with Crippen molar-refractivity contribution in [3.05, 3.63) is 24.0 Å². The molecule has 1 amide bonds. The van der Waals surface area contributed by atoms with Crippen LogP contribution >= 0.6 is 0 Å². The molecule has 0 aliphatic carbocycles. The van der Waals surface area contributed by atoms with Crippen molar-refractivity contribution in [1.82, 2.24) is 4.90 Å². The fourth-order valence-electron chi connectivity index (χ4n) is 2.13. The van der Waals surface area contributed by atoms with Gasteiger partial charge < -0.3 is 14.5 Å². The third-order valence-electron chi connectivity index (χ3n) is 3.23. The maximum Gasteiger partial charge on any atom is 0.219 e. The second-order valence-corrected chi connectivity index (χ2v) is 4.31. The van der Waals surface area contributed by atoms with E-state index >= 15 is 0 Å². The number of halogens is 1. The Hall–Kier alpha value is -1.78. The van der Waals surface area contributed by atoms with Crippen LogP contribution in [0.2, 0.25) is 0 Å². The van der Waals surface area contributed by atoms with Gasteiger partial charge in [-0.05, 0) is 12.1 Å². The van der Waals surface area contributed by atoms with Gasteiger partial charge in [-0.1, -0.05) is 0 Å². The van der Waals surface area contributed by atoms with E-state index in [1.165, 1.54) is 13.2 Å². The lowest BCUT2D eigenvalue weighted by Gasteiger charge is -2.35. The molecule has 1 saturated heterocycles. The highest BCUT2D eigenvalue weighted by Crippen LogP contribution is 2.24. The average Bonchev–Trinajstić information content (AvgIpc) is 2.38. The minimum absolute atomic E-state index is 0.0931. The highest BCUT2D eigenvalue weighted by molar-refractivity contribution is 5.73. The molecule has 98 valence electrons. The molecule has 1 fully saturated rings. The third-order valence-corrected chi connectivity index (χ3v) is 3.23. The number of ether oxygens (including phenoxy) is 1. The number of rotatable bonds is 2. The summed E-state index contributed by atoms with van der Waals surface area (Å²) in [5.74, 6) is -0.0133. The van der Waals surface area contributed by atoms with Gasteiger partial charge in [-0.15, -0.1) is 0 Å². The summed E-state index contributed by atoms with van der Waals surface area (Å²) < 4.78 is 18.5. The minimum atomic E-state index is -0.357. The number of piperazine rings is 1. The number of amides is 1. The number of hydrogen-bond acceptors (Lipinski definition) is 3. The predicted molar refractivity (Wildman–Crippen MR) is 67.4 cm³/mol. The number of hydrogen-bond donors (Lipinski definition) is 0. The van der Waals surface area contributed by atoms with E-state index in [0.29, 0.717) is 13.1 Å². The second-order valence-electron chi connectivity index (χ2n) is 4.31. The molecule has 0 unspecified atom stereocenters. The first-order valence-electron chi connectivity index (χ1n) is 5.96. The van der Waals surface area contributed by atoms with Gasteiger partial charge in [-0.2, -0.15) is 0 Å². The molecule has 0 atom stereocenters. The minimum Gasteiger partial charge on any atom is -0.494 e. The summed E-state index contributed by atoms with van der Waals surface area (Å²) in [4.78, 5) is 15.1. The van der Waals surface area contributed by atoms with Gasteiger partial charge in [0.05, 0.1) is 7.11 Å². The van der Waals surface area contributed by atoms with E-state index in [9.17, 15) is 9.18 Å². The standard InChI is InChI=1S/C13H17FN2O2/c1-10(17)15-5-7-16(8-6-15)11-3-4-13(18-2)12(14)9-11/h3-4,9H,5-8H2,1-2H3. The van der Waals surface area contributed by atoms with Gasteiger partial charge in [-0.25, -0.2) is 4.39 Å². The average molecular weight is 252 g/mol. The van der Waals surface area contributed by atoms with Crippen LogP contribution in [0.15, 0.2) is 18.2 Å². The molecule has 2 rings (SSSR count). The van der Waals surface area contributed by atoms with Crippen molar-refractivity contribution in [2.45, 2.75) is 6.92 Å². The van der Waals surface area contributed by atoms with Crippen LogP contribution in [0.3, 0.4) is 0 Å². The second kappa shape index (κ2) is 5.25. The van der Waals surface area contributed by atoms with Crippen LogP contribution in [0, 0.1) is 5.82 Å². The van der Waals surface area contributed by atoms with Crippen LogP contribution in [-0.4, -0.2) is 44.1 Å². The Balaban J connectivity index is 2.05. The highest BCUT2D eigenvalue weighted by atomic mass is 19.1. The number of carbonyl (C=O) groups is 1. The van der Waals surface area contributed by atoms with Crippen molar-refractivity contribution >= 4 is 11.6 Å². The van der Waals surface area contributed by atoms with Crippen LogP contribution in [0.25, 0.3) is 0 Å². The molecule has 0 aromatic heterocycles. The number of carbonyl (C=O) groups excluding carboxylic acids is 1. The van der Waals surface area contributed by atoms with Crippen molar-refractivity contribution in [2.75, 3.05) is 38.2 Å². The Kier molecular flexibility index (Phi) is 3.69. The van der Waals surface area contributed by atoms with Gasteiger partial charge in [0.1, 0.15) is 0 Å². The van der Waals surface area contributed by atoms with Crippen LogP contribution in [0.5, 0.6) is 5.75 Å². The first kappa shape index (κ1) is 12.7. The lowest BCUT2D eigenvalue weighted by molar-refractivity contribution is -0.129. The molecule has 1 aromatic carbocycles. The van der Waals surface area contributed by atoms with Gasteiger partial charge in [0, 0.05) is 44.9 Å². The van der Waals surface area contributed by atoms with E-state index in [1.807, 2.05) is 6.07 Å². The summed E-state index contributed by atoms with van der Waals surface area (Å²) in [7, 11) is 1.45. The number of methoxy groups -OCH3 is 1. The molecule has 1 aromatic rings. The summed E-state index contributed by atoms with van der Waals surface area (Å²) in [5.41, 5.74) is 0.830. The van der Waals surface area contributed by atoms with E-state index in [4.69, 9.17) is 4.74 Å². The number of benzene rings is 1. The zero-order valence-corrected chi connectivity index (χ0v) is 10.6. The monoisotopic (exact) mass is 252 g/mol. The predicted octanol–water partition coefficient (Wildman–Crippen LogP) is 1.50. The fraction of sp³-hybridized carbons (Fsp3) is 0.462. The van der Waals surface area contributed by atoms with Crippen molar-refractivity contribution < 1.29 is 13.9 Å². The van der Waals surface area contributed by atoms with Gasteiger partial charge >= 0.3 is 0 Å². The molecule has 1 heterocycles. The molecule has 5 heteroatoms. The summed E-state index contributed by atoms with van der Waals surface area (Å²) in [5, 5.41) is 0. The normalized spacial score (nSPS) is 15.7. The molecule has 0 saturated carbocycles. The Morgan fingerprint density at radius 2 is 1.94 bits per heavy atom. The summed E-state index contributed by atoms with van der Waals surface area (Å²) in [6, 6.07) is 4.94. The van der Waals surface area contributed by atoms with E-state index in [-0.39, 0.29) is 17.5 Å². The lowest BCUT2D eigenvalue weighted by Crippen LogP contribution is -2.48. The zero-order valence-electron chi connectivity index (χ0n) is 10.6. The highest BCUT2D eigenvalue weighted by Gasteiger charge is 2.19. The van der Waals surface area contributed by atoms with E-state index in [1.54, 1.807) is 17.9 Å². The Bertz CT molecular complexity index is 443. The molecule has 1 aliphatic rings. The molecule has 1 aliphatic heterocycles. The number of nitrogens with zero attached hydrogens (tertiary/aromatic N) is 2. The summed E-state index contributed by atoms with van der Waals surface area (Å²) >= 11 is 0. The maximum absolute atomic E-state index is 13.6. The fourth-order valence-corrected chi connectivity index (χ4v) is 2.13. The van der Waals surface area contributed by atoms with Crippen LogP contribution in [0.4, 0.5) is 10.1 Å². The molecular weight excluding hydrogens is 235 g/mol. The first-order chi connectivity index (χ1) is 8.61. The largest absolute Gasteiger partial charge is 0.494 e. The van der Waals surface area contributed by atoms with E-state index < -0.39 is 0 Å². The smallest absolute Gasteiger partial charge is 0.219 e. The number of anilines is 1. The Morgan fingerprint density at radius 3 is 2.44 bits per heavy atom. The van der Waals surface area contributed by atoms with Crippen LogP contribution < -0.4 is 9.64 Å². The zero-order chi connectivity index (χ0) is 13.1. The van der Waals surface area contributed by atoms with Gasteiger partial charge in [0.25, 0.3) is 0 Å². The van der Waals surface area contributed by atoms with Crippen LogP contribution in [0.1, 0.15) is 6.92 Å². The molecular formula is C13H17FN2O2. The first-order valence-corrected chi connectivity index (χ1v) is 5.96. The van der Waals surface area contributed by atoms with Crippen molar-refractivity contribution in [3.8, 4) is 5.75 Å². The third kappa shape index (κ3) is 2.55. The molecule has 0 radical (unpaired) electrons. The summed E-state index contributed by atoms with van der Waals surface area (Å²) in [6.07, 6.45) is 0. The van der Waals surface area contributed by atoms with Crippen molar-refractivity contribution in [1.29, 1.82) is 0 Å². The Morgan fingerprint density at radius 1 is 1.28 bits per heavy atom. The molecule has 0 N–H and O–H groups in total. The van der Waals surface area contributed by atoms with Gasteiger partial charge in [-0.3, -0.25) is 4.79 Å². The van der Waals surface area contributed by atoms with Crippen molar-refractivity contribution in [2.24, 2.45) is 0 Å². The van der Waals surface area contributed by atoms with Crippen LogP contribution in [-0.2, 0) is 4.79 Å². The van der Waals surface area contributed by atoms with E-state index in [0.717, 1.165) is 18.8 Å². The van der Waals surface area contributed by atoms with E-state index in [2.05, 4.69) is 4.90 Å². The van der Waals surface area contributed by atoms with Gasteiger partial charge in [0.2, 0.25) is 5.91 Å². The summed E-state index contributed by atoms with van der Waals surface area (Å²) in [6.45, 7) is 4.39. The van der Waals surface area contributed by atoms with Crippen molar-refractivity contribution in [3.63, 3.8) is 0 Å². The Labute approximate surface area is 106 Å². The van der Waals surface area contributed by atoms with Gasteiger partial charge in [0.15, 0.2) is 11.6 Å². The molecule has 0 spiro atoms. The molecule has 4 nitrogen and oxygen atoms in total. The molecule has 0 bridgehead atoms. The maximum atomic E-state index is 13.6. The topological polar surface area (TPSA) is 32.8 Å².